The van der Waals surface area contributed by atoms with Crippen molar-refractivity contribution in [1.82, 2.24) is 4.98 Å². The van der Waals surface area contributed by atoms with Gasteiger partial charge < -0.3 is 0 Å². The molecule has 0 spiro atoms. The van der Waals surface area contributed by atoms with E-state index in [0.29, 0.717) is 5.02 Å². The molecule has 0 saturated heterocycles. The van der Waals surface area contributed by atoms with E-state index in [1.807, 2.05) is 37.3 Å². The van der Waals surface area contributed by atoms with Gasteiger partial charge in [-0.1, -0.05) is 54.1 Å². The highest BCUT2D eigenvalue weighted by Crippen LogP contribution is 2.31. The second kappa shape index (κ2) is 4.43. The number of pyridine rings is 1. The highest BCUT2D eigenvalue weighted by Gasteiger charge is 2.08. The molecule has 0 N–H and O–H groups in total. The fourth-order valence-corrected chi connectivity index (χ4v) is 2.41. The predicted molar refractivity (Wildman–Crippen MR) is 76.9 cm³/mol. The summed E-state index contributed by atoms with van der Waals surface area (Å²) < 4.78 is 0. The number of para-hydroxylation sites is 1. The summed E-state index contributed by atoms with van der Waals surface area (Å²) in [5.74, 6) is 0. The number of aromatic nitrogens is 1. The fraction of sp³-hybridized carbons (Fsp3) is 0.0625. The molecule has 1 heterocycles. The number of hydrogen-bond donors (Lipinski definition) is 0. The smallest absolute Gasteiger partial charge is 0.0897 e. The lowest BCUT2D eigenvalue weighted by molar-refractivity contribution is 1.26. The third-order valence-electron chi connectivity index (χ3n) is 3.00. The van der Waals surface area contributed by atoms with Crippen LogP contribution in [0.3, 0.4) is 0 Å². The number of fused-ring (bicyclic) bond motifs is 1. The Kier molecular flexibility index (Phi) is 2.77. The highest BCUT2D eigenvalue weighted by atomic mass is 35.5. The van der Waals surface area contributed by atoms with E-state index < -0.39 is 0 Å². The monoisotopic (exact) mass is 253 g/mol. The van der Waals surface area contributed by atoms with Crippen molar-refractivity contribution in [1.29, 1.82) is 0 Å². The van der Waals surface area contributed by atoms with Gasteiger partial charge >= 0.3 is 0 Å². The molecule has 0 radical (unpaired) electrons. The number of halogens is 1. The summed E-state index contributed by atoms with van der Waals surface area (Å²) in [6, 6.07) is 18.3. The molecule has 0 aliphatic heterocycles. The van der Waals surface area contributed by atoms with Gasteiger partial charge in [0.2, 0.25) is 0 Å². The molecule has 1 nitrogen and oxygen atoms in total. The van der Waals surface area contributed by atoms with E-state index in [1.54, 1.807) is 0 Å². The van der Waals surface area contributed by atoms with Crippen molar-refractivity contribution in [2.45, 2.75) is 6.92 Å². The van der Waals surface area contributed by atoms with Crippen molar-refractivity contribution in [3.8, 4) is 11.1 Å². The standard InChI is InChI=1S/C16H12ClN/c1-11-10-14(12-6-3-2-4-7-12)13-8-5-9-15(17)16(13)18-11/h2-10H,1H3. The number of hydrogen-bond acceptors (Lipinski definition) is 1. The Bertz CT molecular complexity index is 705. The molecule has 0 unspecified atom stereocenters. The number of nitrogens with zero attached hydrogens (tertiary/aromatic N) is 1. The molecule has 0 fully saturated rings. The van der Waals surface area contributed by atoms with Crippen LogP contribution in [0.4, 0.5) is 0 Å². The minimum atomic E-state index is 0.702. The molecule has 2 aromatic carbocycles. The van der Waals surface area contributed by atoms with Crippen LogP contribution >= 0.6 is 11.6 Å². The lowest BCUT2D eigenvalue weighted by atomic mass is 10.0. The molecular formula is C16H12ClN. The van der Waals surface area contributed by atoms with Crippen LogP contribution in [0.15, 0.2) is 54.6 Å². The zero-order chi connectivity index (χ0) is 12.5. The topological polar surface area (TPSA) is 12.9 Å². The molecule has 0 atom stereocenters. The highest BCUT2D eigenvalue weighted by molar-refractivity contribution is 6.35. The Labute approximate surface area is 111 Å². The third kappa shape index (κ3) is 1.87. The fourth-order valence-electron chi connectivity index (χ4n) is 2.20. The van der Waals surface area contributed by atoms with Gasteiger partial charge in [-0.3, -0.25) is 4.98 Å². The van der Waals surface area contributed by atoms with Crippen LogP contribution in [0.1, 0.15) is 5.69 Å². The van der Waals surface area contributed by atoms with Crippen LogP contribution in [0, 0.1) is 6.92 Å². The first kappa shape index (κ1) is 11.2. The molecule has 3 aromatic rings. The van der Waals surface area contributed by atoms with Gasteiger partial charge in [0.05, 0.1) is 10.5 Å². The number of benzene rings is 2. The van der Waals surface area contributed by atoms with Gasteiger partial charge in [0.15, 0.2) is 0 Å². The van der Waals surface area contributed by atoms with Crippen molar-refractivity contribution in [2.24, 2.45) is 0 Å². The average Bonchev–Trinajstić information content (AvgIpc) is 2.40. The van der Waals surface area contributed by atoms with Crippen molar-refractivity contribution < 1.29 is 0 Å². The van der Waals surface area contributed by atoms with Crippen LogP contribution in [0.2, 0.25) is 5.02 Å². The molecule has 0 amide bonds. The van der Waals surface area contributed by atoms with Crippen LogP contribution in [0.5, 0.6) is 0 Å². The quantitative estimate of drug-likeness (QED) is 0.603. The first-order valence-electron chi connectivity index (χ1n) is 5.87. The summed E-state index contributed by atoms with van der Waals surface area (Å²) in [6.45, 7) is 2.00. The van der Waals surface area contributed by atoms with Gasteiger partial charge in [-0.25, -0.2) is 0 Å². The van der Waals surface area contributed by atoms with Crippen LogP contribution in [-0.2, 0) is 0 Å². The summed E-state index contributed by atoms with van der Waals surface area (Å²) >= 11 is 6.23. The Balaban J connectivity index is 2.39. The minimum Gasteiger partial charge on any atom is -0.252 e. The van der Waals surface area contributed by atoms with Gasteiger partial charge in [0, 0.05) is 11.1 Å². The van der Waals surface area contributed by atoms with Crippen LogP contribution in [-0.4, -0.2) is 4.98 Å². The summed E-state index contributed by atoms with van der Waals surface area (Å²) in [6.07, 6.45) is 0. The second-order valence-electron chi connectivity index (χ2n) is 4.31. The third-order valence-corrected chi connectivity index (χ3v) is 3.31. The van der Waals surface area contributed by atoms with E-state index in [1.165, 1.54) is 11.1 Å². The zero-order valence-corrected chi connectivity index (χ0v) is 10.8. The lowest BCUT2D eigenvalue weighted by Crippen LogP contribution is -1.89. The van der Waals surface area contributed by atoms with Crippen molar-refractivity contribution in [2.75, 3.05) is 0 Å². The van der Waals surface area contributed by atoms with E-state index in [4.69, 9.17) is 11.6 Å². The van der Waals surface area contributed by atoms with E-state index in [-0.39, 0.29) is 0 Å². The van der Waals surface area contributed by atoms with Gasteiger partial charge in [-0.2, -0.15) is 0 Å². The van der Waals surface area contributed by atoms with Crippen molar-refractivity contribution >= 4 is 22.5 Å². The van der Waals surface area contributed by atoms with Crippen molar-refractivity contribution in [3.05, 3.63) is 65.3 Å². The molecular weight excluding hydrogens is 242 g/mol. The van der Waals surface area contributed by atoms with Crippen LogP contribution < -0.4 is 0 Å². The largest absolute Gasteiger partial charge is 0.252 e. The maximum Gasteiger partial charge on any atom is 0.0897 e. The minimum absolute atomic E-state index is 0.702. The molecule has 0 bridgehead atoms. The molecule has 88 valence electrons. The Morgan fingerprint density at radius 1 is 0.944 bits per heavy atom. The molecule has 0 aliphatic rings. The molecule has 3 rings (SSSR count). The van der Waals surface area contributed by atoms with E-state index >= 15 is 0 Å². The summed E-state index contributed by atoms with van der Waals surface area (Å²) in [5, 5.41) is 1.80. The van der Waals surface area contributed by atoms with E-state index in [0.717, 1.165) is 16.6 Å². The second-order valence-corrected chi connectivity index (χ2v) is 4.72. The first-order valence-corrected chi connectivity index (χ1v) is 6.25. The van der Waals surface area contributed by atoms with Gasteiger partial charge in [-0.05, 0) is 30.2 Å². The summed E-state index contributed by atoms with van der Waals surface area (Å²) in [4.78, 5) is 4.53. The number of aryl methyl sites for hydroxylation is 1. The van der Waals surface area contributed by atoms with Gasteiger partial charge in [0.25, 0.3) is 0 Å². The van der Waals surface area contributed by atoms with E-state index in [2.05, 4.69) is 29.2 Å². The van der Waals surface area contributed by atoms with E-state index in [9.17, 15) is 0 Å². The van der Waals surface area contributed by atoms with Crippen molar-refractivity contribution in [3.63, 3.8) is 0 Å². The average molecular weight is 254 g/mol. The number of rotatable bonds is 1. The molecule has 2 heteroatoms. The zero-order valence-electron chi connectivity index (χ0n) is 10.0. The molecule has 1 aromatic heterocycles. The molecule has 0 saturated carbocycles. The molecule has 18 heavy (non-hydrogen) atoms. The predicted octanol–water partition coefficient (Wildman–Crippen LogP) is 4.86. The lowest BCUT2D eigenvalue weighted by Gasteiger charge is -2.09. The Morgan fingerprint density at radius 3 is 2.50 bits per heavy atom. The Hall–Kier alpha value is -1.86. The van der Waals surface area contributed by atoms with Crippen LogP contribution in [0.25, 0.3) is 22.0 Å². The SMILES string of the molecule is Cc1cc(-c2ccccc2)c2cccc(Cl)c2n1. The summed E-state index contributed by atoms with van der Waals surface area (Å²) in [7, 11) is 0. The maximum absolute atomic E-state index is 6.23. The van der Waals surface area contributed by atoms with Gasteiger partial charge in [-0.15, -0.1) is 0 Å². The first-order chi connectivity index (χ1) is 8.75. The molecule has 0 aliphatic carbocycles. The normalized spacial score (nSPS) is 10.8. The van der Waals surface area contributed by atoms with Gasteiger partial charge in [0.1, 0.15) is 0 Å². The maximum atomic E-state index is 6.23. The Morgan fingerprint density at radius 2 is 1.72 bits per heavy atom. The summed E-state index contributed by atoms with van der Waals surface area (Å²) in [5.41, 5.74) is 4.23.